The number of aromatic nitrogens is 3. The lowest BCUT2D eigenvalue weighted by atomic mass is 9.92. The van der Waals surface area contributed by atoms with Crippen LogP contribution in [0.4, 0.5) is 14.5 Å². The highest BCUT2D eigenvalue weighted by molar-refractivity contribution is 7.13. The third-order valence-corrected chi connectivity index (χ3v) is 7.03. The lowest BCUT2D eigenvalue weighted by molar-refractivity contribution is 0.102. The number of hydrogen-bond donors (Lipinski definition) is 1. The maximum atomic E-state index is 14.7. The van der Waals surface area contributed by atoms with Crippen LogP contribution in [0.2, 0.25) is 0 Å². The average Bonchev–Trinajstić information content (AvgIpc) is 3.46. The Kier molecular flexibility index (Phi) is 6.21. The van der Waals surface area contributed by atoms with Crippen molar-refractivity contribution in [3.63, 3.8) is 0 Å². The van der Waals surface area contributed by atoms with E-state index in [1.54, 1.807) is 29.9 Å². The number of anilines is 1. The molecule has 9 heteroatoms. The Hall–Kier alpha value is -3.43. The number of likely N-dealkylation sites (N-methyl/N-ethyl adjacent to an activating group) is 1. The molecule has 0 bridgehead atoms. The predicted molar refractivity (Wildman–Crippen MR) is 134 cm³/mol. The number of nitrogens with zero attached hydrogens (tertiary/aromatic N) is 4. The average molecular weight is 494 g/mol. The van der Waals surface area contributed by atoms with E-state index in [0.29, 0.717) is 16.6 Å². The fourth-order valence-electron chi connectivity index (χ4n) is 4.25. The minimum absolute atomic E-state index is 0.0935. The fraction of sp³-hybridized carbons (Fsp3) is 0.269. The first-order valence-electron chi connectivity index (χ1n) is 11.4. The van der Waals surface area contributed by atoms with Crippen LogP contribution in [-0.2, 0) is 0 Å². The van der Waals surface area contributed by atoms with E-state index in [-0.39, 0.29) is 23.2 Å². The van der Waals surface area contributed by atoms with Crippen LogP contribution < -0.4 is 5.32 Å². The zero-order valence-corrected chi connectivity index (χ0v) is 20.4. The monoisotopic (exact) mass is 493 g/mol. The predicted octanol–water partition coefficient (Wildman–Crippen LogP) is 5.81. The van der Waals surface area contributed by atoms with E-state index in [2.05, 4.69) is 20.2 Å². The lowest BCUT2D eigenvalue weighted by Gasteiger charge is -2.36. The largest absolute Gasteiger partial charge is 0.326 e. The van der Waals surface area contributed by atoms with Gasteiger partial charge in [0.2, 0.25) is 0 Å². The van der Waals surface area contributed by atoms with Gasteiger partial charge in [-0.2, -0.15) is 0 Å². The fourth-order valence-corrected chi connectivity index (χ4v) is 5.10. The summed E-state index contributed by atoms with van der Waals surface area (Å²) in [6.07, 6.45) is 1.72. The molecule has 35 heavy (non-hydrogen) atoms. The van der Waals surface area contributed by atoms with E-state index >= 15 is 0 Å². The number of nitrogens with one attached hydrogen (secondary N) is 1. The molecule has 1 saturated heterocycles. The van der Waals surface area contributed by atoms with Crippen molar-refractivity contribution in [2.24, 2.45) is 0 Å². The highest BCUT2D eigenvalue weighted by Crippen LogP contribution is 2.35. The minimum atomic E-state index is -0.485. The molecule has 0 atom stereocenters. The third kappa shape index (κ3) is 4.61. The van der Waals surface area contributed by atoms with Crippen LogP contribution in [0.3, 0.4) is 0 Å². The van der Waals surface area contributed by atoms with E-state index in [1.807, 2.05) is 31.5 Å². The van der Waals surface area contributed by atoms with Crippen LogP contribution in [0.5, 0.6) is 0 Å². The number of carbonyl (C=O) groups excluding carboxylic acids is 1. The maximum Gasteiger partial charge on any atom is 0.275 e. The van der Waals surface area contributed by atoms with Crippen molar-refractivity contribution in [1.29, 1.82) is 0 Å². The van der Waals surface area contributed by atoms with Crippen molar-refractivity contribution in [3.05, 3.63) is 77.1 Å². The molecule has 180 valence electrons. The molecule has 0 radical (unpaired) electrons. The summed E-state index contributed by atoms with van der Waals surface area (Å²) in [6, 6.07) is 11.2. The number of halogens is 2. The lowest BCUT2D eigenvalue weighted by Crippen LogP contribution is -2.41. The molecule has 3 heterocycles. The second-order valence-electron chi connectivity index (χ2n) is 9.10. The molecular formula is C26H25F2N5OS. The number of thiazole rings is 1. The van der Waals surface area contributed by atoms with E-state index < -0.39 is 11.7 Å². The van der Waals surface area contributed by atoms with Crippen LogP contribution in [0.25, 0.3) is 22.0 Å². The molecule has 1 aliphatic rings. The highest BCUT2D eigenvalue weighted by Gasteiger charge is 2.26. The van der Waals surface area contributed by atoms with Gasteiger partial charge >= 0.3 is 0 Å². The van der Waals surface area contributed by atoms with Gasteiger partial charge in [-0.05, 0) is 62.9 Å². The molecule has 2 aromatic heterocycles. The first-order valence-corrected chi connectivity index (χ1v) is 12.3. The molecule has 2 aromatic carbocycles. The van der Waals surface area contributed by atoms with Crippen LogP contribution in [-0.4, -0.2) is 45.5 Å². The van der Waals surface area contributed by atoms with E-state index in [4.69, 9.17) is 0 Å². The maximum absolute atomic E-state index is 14.7. The molecule has 0 saturated carbocycles. The van der Waals surface area contributed by atoms with Gasteiger partial charge in [0, 0.05) is 36.0 Å². The van der Waals surface area contributed by atoms with Crippen LogP contribution in [0, 0.1) is 11.6 Å². The standard InChI is InChI=1S/C26H25F2N5OS/c1-15(2)33-14-29-23(16-4-7-19(27)8-5-16)24(33)26-31-22(13-35-26)25(34)30-21-9-6-17(10-20(21)28)18-11-32(3)12-18/h4-10,13-15,18H,11-12H2,1-3H3,(H,30,34). The highest BCUT2D eigenvalue weighted by atomic mass is 32.1. The molecule has 6 nitrogen and oxygen atoms in total. The van der Waals surface area contributed by atoms with Crippen LogP contribution >= 0.6 is 11.3 Å². The van der Waals surface area contributed by atoms with Gasteiger partial charge in [-0.1, -0.05) is 6.07 Å². The van der Waals surface area contributed by atoms with Gasteiger partial charge in [0.1, 0.15) is 28.0 Å². The van der Waals surface area contributed by atoms with Gasteiger partial charge in [-0.3, -0.25) is 4.79 Å². The van der Waals surface area contributed by atoms with Crippen molar-refractivity contribution in [2.45, 2.75) is 25.8 Å². The van der Waals surface area contributed by atoms with Crippen molar-refractivity contribution in [2.75, 3.05) is 25.5 Å². The molecule has 5 rings (SSSR count). The normalized spacial score (nSPS) is 14.3. The number of hydrogen-bond acceptors (Lipinski definition) is 5. The molecule has 1 amide bonds. The number of carbonyl (C=O) groups is 1. The van der Waals surface area contributed by atoms with Crippen molar-refractivity contribution in [1.82, 2.24) is 19.4 Å². The zero-order valence-electron chi connectivity index (χ0n) is 19.6. The number of likely N-dealkylation sites (tertiary alicyclic amines) is 1. The quantitative estimate of drug-likeness (QED) is 0.368. The van der Waals surface area contributed by atoms with Crippen LogP contribution in [0.15, 0.2) is 54.2 Å². The van der Waals surface area contributed by atoms with E-state index in [1.165, 1.54) is 29.5 Å². The zero-order chi connectivity index (χ0) is 24.7. The van der Waals surface area contributed by atoms with Gasteiger partial charge in [0.15, 0.2) is 0 Å². The molecule has 0 aliphatic carbocycles. The molecule has 4 aromatic rings. The summed E-state index contributed by atoms with van der Waals surface area (Å²) in [6.45, 7) is 5.85. The molecule has 0 unspecified atom stereocenters. The second-order valence-corrected chi connectivity index (χ2v) is 9.96. The SMILES string of the molecule is CC(C)n1cnc(-c2ccc(F)cc2)c1-c1nc(C(=O)Nc2ccc(C3CN(C)C3)cc2F)cs1. The molecule has 0 spiro atoms. The molecule has 1 N–H and O–H groups in total. The van der Waals surface area contributed by atoms with Crippen molar-refractivity contribution < 1.29 is 13.6 Å². The first kappa shape index (κ1) is 23.3. The topological polar surface area (TPSA) is 63.1 Å². The Balaban J connectivity index is 1.40. The van der Waals surface area contributed by atoms with Gasteiger partial charge in [-0.25, -0.2) is 18.7 Å². The molecular weight excluding hydrogens is 468 g/mol. The Bertz CT molecular complexity index is 1370. The number of imidazole rings is 1. The van der Waals surface area contributed by atoms with Gasteiger partial charge in [-0.15, -0.1) is 11.3 Å². The minimum Gasteiger partial charge on any atom is -0.326 e. The second kappa shape index (κ2) is 9.31. The number of rotatable bonds is 6. The van der Waals surface area contributed by atoms with Gasteiger partial charge in [0.25, 0.3) is 5.91 Å². The summed E-state index contributed by atoms with van der Waals surface area (Å²) in [5.41, 5.74) is 3.41. The summed E-state index contributed by atoms with van der Waals surface area (Å²) in [5, 5.41) is 4.89. The number of amides is 1. The Morgan fingerprint density at radius 2 is 1.89 bits per heavy atom. The third-order valence-electron chi connectivity index (χ3n) is 6.18. The van der Waals surface area contributed by atoms with E-state index in [9.17, 15) is 13.6 Å². The Morgan fingerprint density at radius 3 is 2.54 bits per heavy atom. The smallest absolute Gasteiger partial charge is 0.275 e. The summed E-state index contributed by atoms with van der Waals surface area (Å²) in [4.78, 5) is 24.1. The first-order chi connectivity index (χ1) is 16.8. The van der Waals surface area contributed by atoms with Gasteiger partial charge < -0.3 is 14.8 Å². The summed E-state index contributed by atoms with van der Waals surface area (Å²) < 4.78 is 30.1. The number of benzene rings is 2. The Morgan fingerprint density at radius 1 is 1.14 bits per heavy atom. The van der Waals surface area contributed by atoms with E-state index in [0.717, 1.165) is 29.9 Å². The van der Waals surface area contributed by atoms with Crippen LogP contribution in [0.1, 0.15) is 41.9 Å². The summed E-state index contributed by atoms with van der Waals surface area (Å²) in [7, 11) is 2.03. The summed E-state index contributed by atoms with van der Waals surface area (Å²) >= 11 is 1.31. The Labute approximate surface area is 206 Å². The van der Waals surface area contributed by atoms with Crippen molar-refractivity contribution in [3.8, 4) is 22.0 Å². The molecule has 1 aliphatic heterocycles. The van der Waals surface area contributed by atoms with Crippen molar-refractivity contribution >= 4 is 22.9 Å². The summed E-state index contributed by atoms with van der Waals surface area (Å²) in [5.74, 6) is -0.952. The van der Waals surface area contributed by atoms with Gasteiger partial charge in [0.05, 0.1) is 17.7 Å². The molecule has 1 fully saturated rings.